The molecule has 1 aliphatic rings. The van der Waals surface area contributed by atoms with E-state index in [2.05, 4.69) is 10.6 Å². The lowest BCUT2D eigenvalue weighted by atomic mass is 10.1. The average Bonchev–Trinajstić information content (AvgIpc) is 3.15. The first-order chi connectivity index (χ1) is 14.1. The number of carboxylic acid groups (broad SMARTS) is 1. The number of halogens is 2. The lowest BCUT2D eigenvalue weighted by Crippen LogP contribution is -2.54. The Balaban J connectivity index is 2.03. The zero-order valence-corrected chi connectivity index (χ0v) is 17.6. The minimum Gasteiger partial charge on any atom is -0.481 e. The van der Waals surface area contributed by atoms with Crippen molar-refractivity contribution >= 4 is 53.2 Å². The van der Waals surface area contributed by atoms with Gasteiger partial charge in [-0.2, -0.15) is 0 Å². The number of aldehydes is 1. The van der Waals surface area contributed by atoms with E-state index in [-0.39, 0.29) is 15.6 Å². The number of hydrogen-bond acceptors (Lipinski definition) is 5. The maximum absolute atomic E-state index is 12.8. The number of likely N-dealkylation sites (tertiary alicyclic amines) is 1. The summed E-state index contributed by atoms with van der Waals surface area (Å²) in [4.78, 5) is 60.8. The van der Waals surface area contributed by atoms with Crippen molar-refractivity contribution < 1.29 is 29.1 Å². The van der Waals surface area contributed by atoms with Gasteiger partial charge in [-0.25, -0.2) is 0 Å². The number of benzene rings is 1. The summed E-state index contributed by atoms with van der Waals surface area (Å²) in [5.74, 6) is -2.87. The van der Waals surface area contributed by atoms with E-state index < -0.39 is 48.2 Å². The largest absolute Gasteiger partial charge is 0.481 e. The SMILES string of the molecule is C[C@H](NC(=O)c1cc(Cl)cc(Cl)c1)C(=O)N1CCC[C@H]1C(=O)N[C@H](C=O)CC(=O)O. The van der Waals surface area contributed by atoms with E-state index in [4.69, 9.17) is 28.3 Å². The third kappa shape index (κ3) is 6.17. The van der Waals surface area contributed by atoms with Gasteiger partial charge >= 0.3 is 5.97 Å². The van der Waals surface area contributed by atoms with Gasteiger partial charge in [0.15, 0.2) is 0 Å². The molecule has 2 rings (SSSR count). The summed E-state index contributed by atoms with van der Waals surface area (Å²) in [5.41, 5.74) is 0.186. The van der Waals surface area contributed by atoms with E-state index in [1.165, 1.54) is 30.0 Å². The molecule has 3 atom stereocenters. The van der Waals surface area contributed by atoms with Gasteiger partial charge in [0, 0.05) is 22.2 Å². The maximum atomic E-state index is 12.8. The average molecular weight is 458 g/mol. The number of amides is 3. The fraction of sp³-hybridized carbons (Fsp3) is 0.421. The second-order valence-corrected chi connectivity index (χ2v) is 7.76. The first kappa shape index (κ1) is 23.6. The number of aliphatic carboxylic acids is 1. The van der Waals surface area contributed by atoms with Gasteiger partial charge in [-0.1, -0.05) is 23.2 Å². The van der Waals surface area contributed by atoms with Crippen LogP contribution < -0.4 is 10.6 Å². The molecule has 0 radical (unpaired) electrons. The molecular weight excluding hydrogens is 437 g/mol. The van der Waals surface area contributed by atoms with Gasteiger partial charge in [0.1, 0.15) is 18.4 Å². The van der Waals surface area contributed by atoms with Crippen molar-refractivity contribution in [3.63, 3.8) is 0 Å². The monoisotopic (exact) mass is 457 g/mol. The summed E-state index contributed by atoms with van der Waals surface area (Å²) in [5, 5.41) is 14.2. The van der Waals surface area contributed by atoms with Crippen LogP contribution in [0.2, 0.25) is 10.0 Å². The number of carboxylic acids is 1. The summed E-state index contributed by atoms with van der Waals surface area (Å²) < 4.78 is 0. The van der Waals surface area contributed by atoms with Crippen molar-refractivity contribution in [1.29, 1.82) is 0 Å². The molecule has 162 valence electrons. The summed E-state index contributed by atoms with van der Waals surface area (Å²) in [6.45, 7) is 1.78. The highest BCUT2D eigenvalue weighted by Crippen LogP contribution is 2.21. The predicted molar refractivity (Wildman–Crippen MR) is 108 cm³/mol. The topological polar surface area (TPSA) is 133 Å². The number of nitrogens with zero attached hydrogens (tertiary/aromatic N) is 1. The van der Waals surface area contributed by atoms with Crippen LogP contribution in [0.25, 0.3) is 0 Å². The Labute approximate surface area is 182 Å². The van der Waals surface area contributed by atoms with E-state index in [1.807, 2.05) is 0 Å². The molecule has 1 fully saturated rings. The Bertz CT molecular complexity index is 842. The molecule has 0 spiro atoms. The molecule has 0 saturated carbocycles. The van der Waals surface area contributed by atoms with Crippen molar-refractivity contribution in [2.75, 3.05) is 6.54 Å². The molecular formula is C19H21Cl2N3O6. The molecule has 0 unspecified atom stereocenters. The molecule has 0 bridgehead atoms. The van der Waals surface area contributed by atoms with Crippen LogP contribution in [-0.2, 0) is 19.2 Å². The van der Waals surface area contributed by atoms with E-state index >= 15 is 0 Å². The molecule has 0 aliphatic carbocycles. The van der Waals surface area contributed by atoms with Gasteiger partial charge < -0.3 is 25.4 Å². The van der Waals surface area contributed by atoms with Crippen LogP contribution in [0, 0.1) is 0 Å². The summed E-state index contributed by atoms with van der Waals surface area (Å²) in [7, 11) is 0. The van der Waals surface area contributed by atoms with Gasteiger partial charge in [0.2, 0.25) is 11.8 Å². The van der Waals surface area contributed by atoms with E-state index in [0.717, 1.165) is 0 Å². The van der Waals surface area contributed by atoms with Gasteiger partial charge in [-0.3, -0.25) is 19.2 Å². The summed E-state index contributed by atoms with van der Waals surface area (Å²) in [6.07, 6.45) is 0.705. The molecule has 11 heteroatoms. The molecule has 0 aromatic heterocycles. The van der Waals surface area contributed by atoms with Crippen LogP contribution in [0.15, 0.2) is 18.2 Å². The lowest BCUT2D eigenvalue weighted by Gasteiger charge is -2.27. The zero-order valence-electron chi connectivity index (χ0n) is 16.1. The van der Waals surface area contributed by atoms with Crippen LogP contribution in [0.3, 0.4) is 0 Å². The van der Waals surface area contributed by atoms with E-state index in [9.17, 15) is 24.0 Å². The fourth-order valence-electron chi connectivity index (χ4n) is 3.18. The third-order valence-corrected chi connectivity index (χ3v) is 5.00. The smallest absolute Gasteiger partial charge is 0.305 e. The van der Waals surface area contributed by atoms with Crippen molar-refractivity contribution in [3.8, 4) is 0 Å². The van der Waals surface area contributed by atoms with E-state index in [0.29, 0.717) is 25.7 Å². The molecule has 1 aromatic carbocycles. The number of carbonyl (C=O) groups excluding carboxylic acids is 4. The lowest BCUT2D eigenvalue weighted by molar-refractivity contribution is -0.141. The van der Waals surface area contributed by atoms with Crippen LogP contribution in [0.5, 0.6) is 0 Å². The zero-order chi connectivity index (χ0) is 22.4. The van der Waals surface area contributed by atoms with Crippen molar-refractivity contribution in [2.45, 2.75) is 44.3 Å². The van der Waals surface area contributed by atoms with Crippen molar-refractivity contribution in [3.05, 3.63) is 33.8 Å². The first-order valence-electron chi connectivity index (χ1n) is 9.17. The van der Waals surface area contributed by atoms with Crippen LogP contribution >= 0.6 is 23.2 Å². The standard InChI is InChI=1S/C19H21Cl2N3O6/c1-10(22-17(28)11-5-12(20)7-13(21)6-11)19(30)24-4-2-3-15(24)18(29)23-14(9-25)8-16(26)27/h5-7,9-10,14-15H,2-4,8H2,1H3,(H,22,28)(H,23,29)(H,26,27)/t10-,14-,15-/m0/s1. The number of carbonyl (C=O) groups is 5. The van der Waals surface area contributed by atoms with Gasteiger partial charge in [0.05, 0.1) is 12.5 Å². The number of hydrogen-bond donors (Lipinski definition) is 3. The maximum Gasteiger partial charge on any atom is 0.305 e. The molecule has 3 amide bonds. The Morgan fingerprint density at radius 2 is 1.83 bits per heavy atom. The van der Waals surface area contributed by atoms with Crippen LogP contribution in [-0.4, -0.2) is 64.7 Å². The molecule has 1 saturated heterocycles. The first-order valence-corrected chi connectivity index (χ1v) is 9.93. The molecule has 1 heterocycles. The van der Waals surface area contributed by atoms with Crippen LogP contribution in [0.4, 0.5) is 0 Å². The fourth-order valence-corrected chi connectivity index (χ4v) is 3.70. The van der Waals surface area contributed by atoms with Gasteiger partial charge in [0.25, 0.3) is 5.91 Å². The summed E-state index contributed by atoms with van der Waals surface area (Å²) >= 11 is 11.8. The van der Waals surface area contributed by atoms with E-state index in [1.54, 1.807) is 0 Å². The highest BCUT2D eigenvalue weighted by molar-refractivity contribution is 6.35. The van der Waals surface area contributed by atoms with Crippen LogP contribution in [0.1, 0.15) is 36.5 Å². The minimum absolute atomic E-state index is 0.186. The normalized spacial score (nSPS) is 17.7. The second-order valence-electron chi connectivity index (χ2n) is 6.89. The van der Waals surface area contributed by atoms with Crippen molar-refractivity contribution in [2.24, 2.45) is 0 Å². The quantitative estimate of drug-likeness (QED) is 0.503. The second kappa shape index (κ2) is 10.4. The number of nitrogens with one attached hydrogen (secondary N) is 2. The highest BCUT2D eigenvalue weighted by Gasteiger charge is 2.37. The third-order valence-electron chi connectivity index (χ3n) is 4.57. The Morgan fingerprint density at radius 3 is 2.40 bits per heavy atom. The Hall–Kier alpha value is -2.65. The molecule has 3 N–H and O–H groups in total. The molecule has 9 nitrogen and oxygen atoms in total. The molecule has 1 aliphatic heterocycles. The highest BCUT2D eigenvalue weighted by atomic mass is 35.5. The predicted octanol–water partition coefficient (Wildman–Crippen LogP) is 1.26. The van der Waals surface area contributed by atoms with Gasteiger partial charge in [-0.05, 0) is 38.0 Å². The van der Waals surface area contributed by atoms with Crippen molar-refractivity contribution in [1.82, 2.24) is 15.5 Å². The Morgan fingerprint density at radius 1 is 1.20 bits per heavy atom. The minimum atomic E-state index is -1.23. The molecule has 1 aromatic rings. The molecule has 30 heavy (non-hydrogen) atoms. The summed E-state index contributed by atoms with van der Waals surface area (Å²) in [6, 6.07) is 1.32. The number of rotatable bonds is 8. The Kier molecular flexibility index (Phi) is 8.19. The van der Waals surface area contributed by atoms with Gasteiger partial charge in [-0.15, -0.1) is 0 Å².